The van der Waals surface area contributed by atoms with Gasteiger partial charge in [0.15, 0.2) is 0 Å². The van der Waals surface area contributed by atoms with Gasteiger partial charge in [-0.15, -0.1) is 0 Å². The molecule has 0 unspecified atom stereocenters. The average molecular weight is 335 g/mol. The predicted octanol–water partition coefficient (Wildman–Crippen LogP) is 3.24. The van der Waals surface area contributed by atoms with E-state index in [1.807, 2.05) is 38.1 Å². The molecule has 0 bridgehead atoms. The zero-order valence-corrected chi connectivity index (χ0v) is 13.2. The van der Waals surface area contributed by atoms with Crippen molar-refractivity contribution in [3.05, 3.63) is 45.8 Å². The summed E-state index contributed by atoms with van der Waals surface area (Å²) in [6.45, 7) is 3.92. The standard InChI is InChI=1S/C15H15BrN2O2/c1-9-4-5-11(16)7-12(9)13-6-10(2)17-14(18-13)8-15(19)20-3/h4-7H,8H2,1-3H3. The highest BCUT2D eigenvalue weighted by atomic mass is 79.9. The molecule has 0 aliphatic carbocycles. The molecule has 0 aliphatic heterocycles. The normalized spacial score (nSPS) is 10.4. The number of rotatable bonds is 3. The Labute approximate surface area is 126 Å². The molecule has 0 radical (unpaired) electrons. The lowest BCUT2D eigenvalue weighted by Gasteiger charge is -2.09. The van der Waals surface area contributed by atoms with Crippen molar-refractivity contribution in [2.45, 2.75) is 20.3 Å². The van der Waals surface area contributed by atoms with Gasteiger partial charge in [-0.1, -0.05) is 22.0 Å². The summed E-state index contributed by atoms with van der Waals surface area (Å²) >= 11 is 3.46. The molecule has 1 heterocycles. The first-order chi connectivity index (χ1) is 9.49. The third kappa shape index (κ3) is 3.42. The van der Waals surface area contributed by atoms with E-state index in [0.29, 0.717) is 5.82 Å². The number of hydrogen-bond donors (Lipinski definition) is 0. The zero-order valence-electron chi connectivity index (χ0n) is 11.6. The largest absolute Gasteiger partial charge is 0.469 e. The van der Waals surface area contributed by atoms with Crippen LogP contribution in [0.25, 0.3) is 11.3 Å². The van der Waals surface area contributed by atoms with Crippen molar-refractivity contribution in [1.29, 1.82) is 0 Å². The van der Waals surface area contributed by atoms with Crippen LogP contribution < -0.4 is 0 Å². The van der Waals surface area contributed by atoms with Crippen LogP contribution in [0.4, 0.5) is 0 Å². The number of halogens is 1. The SMILES string of the molecule is COC(=O)Cc1nc(C)cc(-c2cc(Br)ccc2C)n1. The molecular weight excluding hydrogens is 320 g/mol. The first-order valence-corrected chi connectivity index (χ1v) is 6.97. The average Bonchev–Trinajstić information content (AvgIpc) is 2.40. The fourth-order valence-electron chi connectivity index (χ4n) is 1.92. The van der Waals surface area contributed by atoms with Crippen LogP contribution in [0.5, 0.6) is 0 Å². The van der Waals surface area contributed by atoms with E-state index in [0.717, 1.165) is 27.0 Å². The van der Waals surface area contributed by atoms with Crippen LogP contribution >= 0.6 is 15.9 Å². The Morgan fingerprint density at radius 3 is 2.70 bits per heavy atom. The van der Waals surface area contributed by atoms with Crippen LogP contribution in [0.1, 0.15) is 17.1 Å². The molecule has 4 nitrogen and oxygen atoms in total. The van der Waals surface area contributed by atoms with Crippen molar-refractivity contribution in [2.24, 2.45) is 0 Å². The van der Waals surface area contributed by atoms with Crippen molar-refractivity contribution in [3.8, 4) is 11.3 Å². The van der Waals surface area contributed by atoms with Gasteiger partial charge in [-0.3, -0.25) is 4.79 Å². The minimum Gasteiger partial charge on any atom is -0.469 e. The van der Waals surface area contributed by atoms with E-state index < -0.39 is 0 Å². The number of carbonyl (C=O) groups excluding carboxylic acids is 1. The van der Waals surface area contributed by atoms with E-state index in [1.165, 1.54) is 7.11 Å². The molecule has 1 aromatic heterocycles. The summed E-state index contributed by atoms with van der Waals surface area (Å²) in [5.41, 5.74) is 3.79. The molecule has 104 valence electrons. The number of benzene rings is 1. The predicted molar refractivity (Wildman–Crippen MR) is 80.4 cm³/mol. The van der Waals surface area contributed by atoms with E-state index >= 15 is 0 Å². The molecular formula is C15H15BrN2O2. The molecule has 2 rings (SSSR count). The second-order valence-corrected chi connectivity index (χ2v) is 5.44. The fraction of sp³-hybridized carbons (Fsp3) is 0.267. The lowest BCUT2D eigenvalue weighted by atomic mass is 10.1. The molecule has 1 aromatic carbocycles. The minimum atomic E-state index is -0.340. The Morgan fingerprint density at radius 1 is 1.25 bits per heavy atom. The van der Waals surface area contributed by atoms with Gasteiger partial charge >= 0.3 is 5.97 Å². The van der Waals surface area contributed by atoms with Crippen molar-refractivity contribution >= 4 is 21.9 Å². The van der Waals surface area contributed by atoms with Gasteiger partial charge in [-0.05, 0) is 37.6 Å². The van der Waals surface area contributed by atoms with E-state index in [9.17, 15) is 4.79 Å². The molecule has 2 aromatic rings. The number of ether oxygens (including phenoxy) is 1. The third-order valence-corrected chi connectivity index (χ3v) is 3.40. The maximum Gasteiger partial charge on any atom is 0.313 e. The summed E-state index contributed by atoms with van der Waals surface area (Å²) in [6.07, 6.45) is 0.0816. The van der Waals surface area contributed by atoms with Crippen LogP contribution in [0.15, 0.2) is 28.7 Å². The highest BCUT2D eigenvalue weighted by Crippen LogP contribution is 2.25. The second kappa shape index (κ2) is 6.13. The topological polar surface area (TPSA) is 52.1 Å². The van der Waals surface area contributed by atoms with E-state index in [2.05, 4.69) is 30.6 Å². The molecule has 0 saturated heterocycles. The first-order valence-electron chi connectivity index (χ1n) is 6.17. The molecule has 0 atom stereocenters. The molecule has 0 N–H and O–H groups in total. The second-order valence-electron chi connectivity index (χ2n) is 4.52. The van der Waals surface area contributed by atoms with E-state index in [4.69, 9.17) is 0 Å². The molecule has 20 heavy (non-hydrogen) atoms. The zero-order chi connectivity index (χ0) is 14.7. The fourth-order valence-corrected chi connectivity index (χ4v) is 2.28. The van der Waals surface area contributed by atoms with Gasteiger partial charge < -0.3 is 4.74 Å². The van der Waals surface area contributed by atoms with Crippen molar-refractivity contribution < 1.29 is 9.53 Å². The summed E-state index contributed by atoms with van der Waals surface area (Å²) in [7, 11) is 1.36. The lowest BCUT2D eigenvalue weighted by molar-refractivity contribution is -0.139. The number of hydrogen-bond acceptors (Lipinski definition) is 4. The minimum absolute atomic E-state index is 0.0816. The van der Waals surface area contributed by atoms with E-state index in [-0.39, 0.29) is 12.4 Å². The van der Waals surface area contributed by atoms with Crippen LogP contribution in [-0.4, -0.2) is 23.0 Å². The molecule has 0 amide bonds. The molecule has 0 spiro atoms. The van der Waals surface area contributed by atoms with Gasteiger partial charge in [0.25, 0.3) is 0 Å². The summed E-state index contributed by atoms with van der Waals surface area (Å²) in [6, 6.07) is 7.94. The monoisotopic (exact) mass is 334 g/mol. The van der Waals surface area contributed by atoms with Crippen LogP contribution in [0.3, 0.4) is 0 Å². The van der Waals surface area contributed by atoms with Gasteiger partial charge in [0.05, 0.1) is 12.8 Å². The smallest absolute Gasteiger partial charge is 0.313 e. The van der Waals surface area contributed by atoms with Gasteiger partial charge in [-0.2, -0.15) is 0 Å². The summed E-state index contributed by atoms with van der Waals surface area (Å²) < 4.78 is 5.65. The Balaban J connectivity index is 2.46. The number of nitrogens with zero attached hydrogens (tertiary/aromatic N) is 2. The summed E-state index contributed by atoms with van der Waals surface area (Å²) in [5, 5.41) is 0. The highest BCUT2D eigenvalue weighted by Gasteiger charge is 2.11. The van der Waals surface area contributed by atoms with E-state index in [1.54, 1.807) is 0 Å². The quantitative estimate of drug-likeness (QED) is 0.808. The number of aryl methyl sites for hydroxylation is 2. The van der Waals surface area contributed by atoms with Crippen molar-refractivity contribution in [2.75, 3.05) is 7.11 Å². The van der Waals surface area contributed by atoms with Gasteiger partial charge in [0, 0.05) is 15.7 Å². The van der Waals surface area contributed by atoms with Crippen molar-refractivity contribution in [3.63, 3.8) is 0 Å². The maximum atomic E-state index is 11.4. The number of esters is 1. The Hall–Kier alpha value is -1.75. The van der Waals surface area contributed by atoms with Gasteiger partial charge in [0.2, 0.25) is 0 Å². The number of aromatic nitrogens is 2. The maximum absolute atomic E-state index is 11.4. The van der Waals surface area contributed by atoms with Gasteiger partial charge in [-0.25, -0.2) is 9.97 Å². The van der Waals surface area contributed by atoms with Crippen molar-refractivity contribution in [1.82, 2.24) is 9.97 Å². The Bertz CT molecular complexity index is 656. The van der Waals surface area contributed by atoms with Crippen LogP contribution in [0, 0.1) is 13.8 Å². The lowest BCUT2D eigenvalue weighted by Crippen LogP contribution is -2.09. The van der Waals surface area contributed by atoms with Crippen LogP contribution in [-0.2, 0) is 16.0 Å². The summed E-state index contributed by atoms with van der Waals surface area (Å²) in [5.74, 6) is 0.138. The molecule has 0 saturated carbocycles. The molecule has 0 fully saturated rings. The number of carbonyl (C=O) groups is 1. The Kier molecular flexibility index (Phi) is 4.49. The number of methoxy groups -OCH3 is 1. The van der Waals surface area contributed by atoms with Crippen LogP contribution in [0.2, 0.25) is 0 Å². The third-order valence-electron chi connectivity index (χ3n) is 2.91. The Morgan fingerprint density at radius 2 is 2.00 bits per heavy atom. The molecule has 0 aliphatic rings. The highest BCUT2D eigenvalue weighted by molar-refractivity contribution is 9.10. The van der Waals surface area contributed by atoms with Gasteiger partial charge in [0.1, 0.15) is 12.2 Å². The summed E-state index contributed by atoms with van der Waals surface area (Å²) in [4.78, 5) is 20.1. The molecule has 5 heteroatoms. The first kappa shape index (κ1) is 14.7.